The van der Waals surface area contributed by atoms with Crippen LogP contribution in [0.25, 0.3) is 0 Å². The van der Waals surface area contributed by atoms with Gasteiger partial charge in [0.15, 0.2) is 6.29 Å². The molecule has 2 fully saturated rings. The number of benzene rings is 2. The monoisotopic (exact) mass is 438 g/mol. The standard InChI is InChI=1S/C21H23ClO6S/c1-15-7-9-16(10-8-15)29(23,24)27-14-21(13-19-25-11-4-12-26-19)20(28-21)17-5-2-3-6-18(17)22/h2-3,5-10,19-20H,4,11-14H2,1H3/t20-,21-/m0/s1. The van der Waals surface area contributed by atoms with Crippen LogP contribution in [0.4, 0.5) is 0 Å². The van der Waals surface area contributed by atoms with E-state index in [2.05, 4.69) is 0 Å². The lowest BCUT2D eigenvalue weighted by atomic mass is 9.96. The molecule has 0 aromatic heterocycles. The highest BCUT2D eigenvalue weighted by molar-refractivity contribution is 7.86. The molecule has 2 aliphatic rings. The summed E-state index contributed by atoms with van der Waals surface area (Å²) in [5.74, 6) is 0. The zero-order valence-corrected chi connectivity index (χ0v) is 17.6. The molecule has 0 radical (unpaired) electrons. The van der Waals surface area contributed by atoms with Gasteiger partial charge in [-0.05, 0) is 31.5 Å². The lowest BCUT2D eigenvalue weighted by molar-refractivity contribution is -0.188. The third-order valence-corrected chi connectivity index (χ3v) is 6.76. The maximum Gasteiger partial charge on any atom is 0.297 e. The van der Waals surface area contributed by atoms with Crippen LogP contribution in [0.2, 0.25) is 5.02 Å². The number of hydrogen-bond donors (Lipinski definition) is 0. The summed E-state index contributed by atoms with van der Waals surface area (Å²) >= 11 is 6.33. The average molecular weight is 439 g/mol. The highest BCUT2D eigenvalue weighted by Gasteiger charge is 2.60. The normalized spacial score (nSPS) is 25.1. The predicted molar refractivity (Wildman–Crippen MR) is 107 cm³/mol. The van der Waals surface area contributed by atoms with Gasteiger partial charge < -0.3 is 14.2 Å². The third-order valence-electron chi connectivity index (χ3n) is 5.14. The van der Waals surface area contributed by atoms with E-state index < -0.39 is 28.1 Å². The van der Waals surface area contributed by atoms with Gasteiger partial charge in [-0.15, -0.1) is 0 Å². The van der Waals surface area contributed by atoms with E-state index in [1.54, 1.807) is 18.2 Å². The van der Waals surface area contributed by atoms with Crippen LogP contribution in [-0.2, 0) is 28.5 Å². The Morgan fingerprint density at radius 1 is 1.10 bits per heavy atom. The molecular weight excluding hydrogens is 416 g/mol. The number of hydrogen-bond acceptors (Lipinski definition) is 6. The van der Waals surface area contributed by atoms with Crippen molar-refractivity contribution < 1.29 is 26.8 Å². The Hall–Kier alpha value is -1.48. The molecule has 2 aromatic carbocycles. The van der Waals surface area contributed by atoms with E-state index in [-0.39, 0.29) is 11.5 Å². The second kappa shape index (κ2) is 8.34. The Morgan fingerprint density at radius 3 is 2.48 bits per heavy atom. The molecule has 4 rings (SSSR count). The fourth-order valence-corrected chi connectivity index (χ4v) is 4.64. The molecule has 2 heterocycles. The largest absolute Gasteiger partial charge is 0.358 e. The van der Waals surface area contributed by atoms with Crippen molar-refractivity contribution in [1.82, 2.24) is 0 Å². The molecule has 2 saturated heterocycles. The van der Waals surface area contributed by atoms with Crippen LogP contribution < -0.4 is 0 Å². The molecule has 0 spiro atoms. The lowest BCUT2D eigenvalue weighted by Gasteiger charge is -2.26. The van der Waals surface area contributed by atoms with Gasteiger partial charge in [0.1, 0.15) is 11.7 Å². The Bertz CT molecular complexity index is 955. The van der Waals surface area contributed by atoms with Gasteiger partial charge in [0.05, 0.1) is 24.7 Å². The van der Waals surface area contributed by atoms with Gasteiger partial charge in [-0.3, -0.25) is 4.18 Å². The average Bonchev–Trinajstić information content (AvgIpc) is 3.42. The quantitative estimate of drug-likeness (QED) is 0.480. The van der Waals surface area contributed by atoms with Crippen LogP contribution in [0.15, 0.2) is 53.4 Å². The summed E-state index contributed by atoms with van der Waals surface area (Å²) < 4.78 is 48.0. The smallest absolute Gasteiger partial charge is 0.297 e. The molecule has 2 atom stereocenters. The van der Waals surface area contributed by atoms with E-state index in [1.807, 2.05) is 25.1 Å². The molecule has 0 amide bonds. The van der Waals surface area contributed by atoms with Crippen molar-refractivity contribution in [3.8, 4) is 0 Å². The van der Waals surface area contributed by atoms with Crippen molar-refractivity contribution in [2.75, 3.05) is 19.8 Å². The predicted octanol–water partition coefficient (Wildman–Crippen LogP) is 4.02. The minimum Gasteiger partial charge on any atom is -0.358 e. The number of rotatable bonds is 7. The van der Waals surface area contributed by atoms with Crippen molar-refractivity contribution >= 4 is 21.7 Å². The van der Waals surface area contributed by atoms with Crippen molar-refractivity contribution in [3.05, 3.63) is 64.7 Å². The summed E-state index contributed by atoms with van der Waals surface area (Å²) in [6.07, 6.45) is 0.323. The van der Waals surface area contributed by atoms with Crippen LogP contribution in [0.3, 0.4) is 0 Å². The van der Waals surface area contributed by atoms with E-state index >= 15 is 0 Å². The van der Waals surface area contributed by atoms with E-state index in [9.17, 15) is 8.42 Å². The summed E-state index contributed by atoms with van der Waals surface area (Å²) in [5.41, 5.74) is 0.878. The molecule has 0 aliphatic carbocycles. The third kappa shape index (κ3) is 4.66. The highest BCUT2D eigenvalue weighted by atomic mass is 35.5. The highest BCUT2D eigenvalue weighted by Crippen LogP contribution is 2.55. The molecule has 29 heavy (non-hydrogen) atoms. The van der Waals surface area contributed by atoms with Crippen molar-refractivity contribution in [3.63, 3.8) is 0 Å². The fourth-order valence-electron chi connectivity index (χ4n) is 3.45. The van der Waals surface area contributed by atoms with Gasteiger partial charge in [0, 0.05) is 17.0 Å². The van der Waals surface area contributed by atoms with E-state index in [4.69, 9.17) is 30.0 Å². The minimum absolute atomic E-state index is 0.110. The molecule has 2 aromatic rings. The fraction of sp³-hybridized carbons (Fsp3) is 0.429. The first kappa shape index (κ1) is 20.8. The van der Waals surface area contributed by atoms with Crippen LogP contribution in [0.5, 0.6) is 0 Å². The SMILES string of the molecule is Cc1ccc(S(=O)(=O)OC[C@]2(CC3OCCCO3)O[C@H]2c2ccccc2Cl)cc1. The molecule has 2 aliphatic heterocycles. The van der Waals surface area contributed by atoms with E-state index in [1.165, 1.54) is 12.1 Å². The molecule has 6 nitrogen and oxygen atoms in total. The van der Waals surface area contributed by atoms with Gasteiger partial charge in [-0.1, -0.05) is 47.5 Å². The summed E-state index contributed by atoms with van der Waals surface area (Å²) in [7, 11) is -3.92. The van der Waals surface area contributed by atoms with Gasteiger partial charge in [-0.25, -0.2) is 0 Å². The first-order valence-electron chi connectivity index (χ1n) is 9.51. The zero-order chi connectivity index (χ0) is 20.5. The molecular formula is C21H23ClO6S. The van der Waals surface area contributed by atoms with Gasteiger partial charge in [-0.2, -0.15) is 8.42 Å². The second-order valence-electron chi connectivity index (χ2n) is 7.34. The van der Waals surface area contributed by atoms with Gasteiger partial charge in [0.25, 0.3) is 10.1 Å². The van der Waals surface area contributed by atoms with Crippen LogP contribution >= 0.6 is 11.6 Å². The molecule has 156 valence electrons. The van der Waals surface area contributed by atoms with Crippen LogP contribution in [0.1, 0.15) is 30.1 Å². The Kier molecular flexibility index (Phi) is 5.97. The maximum atomic E-state index is 12.7. The van der Waals surface area contributed by atoms with E-state index in [0.29, 0.717) is 24.7 Å². The van der Waals surface area contributed by atoms with Crippen LogP contribution in [0, 0.1) is 6.92 Å². The van der Waals surface area contributed by atoms with Crippen molar-refractivity contribution in [2.45, 2.75) is 42.7 Å². The Labute approximate surface area is 175 Å². The number of epoxide rings is 1. The first-order chi connectivity index (χ1) is 13.9. The molecule has 0 N–H and O–H groups in total. The van der Waals surface area contributed by atoms with Gasteiger partial charge in [0.2, 0.25) is 0 Å². The van der Waals surface area contributed by atoms with Crippen LogP contribution in [-0.4, -0.2) is 40.1 Å². The number of aryl methyl sites for hydroxylation is 1. The number of ether oxygens (including phenoxy) is 3. The van der Waals surface area contributed by atoms with Gasteiger partial charge >= 0.3 is 0 Å². The van der Waals surface area contributed by atoms with Crippen molar-refractivity contribution in [2.24, 2.45) is 0 Å². The topological polar surface area (TPSA) is 74.4 Å². The number of halogens is 1. The van der Waals surface area contributed by atoms with E-state index in [0.717, 1.165) is 17.5 Å². The second-order valence-corrected chi connectivity index (χ2v) is 9.36. The summed E-state index contributed by atoms with van der Waals surface area (Å²) in [6, 6.07) is 13.9. The summed E-state index contributed by atoms with van der Waals surface area (Å²) in [4.78, 5) is 0.110. The summed E-state index contributed by atoms with van der Waals surface area (Å²) in [5, 5.41) is 0.561. The minimum atomic E-state index is -3.92. The summed E-state index contributed by atoms with van der Waals surface area (Å²) in [6.45, 7) is 2.94. The zero-order valence-electron chi connectivity index (χ0n) is 16.0. The first-order valence-corrected chi connectivity index (χ1v) is 11.3. The molecule has 0 bridgehead atoms. The Morgan fingerprint density at radius 2 is 1.79 bits per heavy atom. The Balaban J connectivity index is 1.53. The molecule has 0 unspecified atom stereocenters. The maximum absolute atomic E-state index is 12.7. The van der Waals surface area contributed by atoms with Crippen molar-refractivity contribution in [1.29, 1.82) is 0 Å². The lowest BCUT2D eigenvalue weighted by Crippen LogP contribution is -2.34. The molecule has 8 heteroatoms. The molecule has 0 saturated carbocycles.